The quantitative estimate of drug-likeness (QED) is 0.0211. The summed E-state index contributed by atoms with van der Waals surface area (Å²) in [5.41, 5.74) is 0. The lowest BCUT2D eigenvalue weighted by molar-refractivity contribution is -0.870. The number of quaternary nitrogens is 1. The van der Waals surface area contributed by atoms with E-state index >= 15 is 0 Å². The SMILES string of the molecule is CC/C=C\C/C=C\C/C=C\C/C=C\C/C=C\CCCCCCCCCCCCCCCCCCCCCCCCCCCC(=O)OC(COC(=O)CCCCCCCCCCC/C=C\CCCCCCCC)COC(OCC[N+](C)(C)C)C(=O)O. The van der Waals surface area contributed by atoms with E-state index in [1.165, 1.54) is 238 Å². The van der Waals surface area contributed by atoms with Crippen molar-refractivity contribution in [2.75, 3.05) is 47.5 Å². The summed E-state index contributed by atoms with van der Waals surface area (Å²) < 4.78 is 23.0. The topological polar surface area (TPSA) is 108 Å². The molecule has 2 atom stereocenters. The lowest BCUT2D eigenvalue weighted by Crippen LogP contribution is -2.40. The molecule has 0 bridgehead atoms. The van der Waals surface area contributed by atoms with Gasteiger partial charge in [-0.25, -0.2) is 4.79 Å². The number of hydrogen-bond donors (Lipinski definition) is 1. The maximum absolute atomic E-state index is 12.9. The van der Waals surface area contributed by atoms with Crippen LogP contribution in [-0.2, 0) is 33.3 Å². The number of carbonyl (C=O) groups is 3. The molecule has 0 heterocycles. The number of carboxylic acid groups (broad SMARTS) is 1. The predicted molar refractivity (Wildman–Crippen MR) is 364 cm³/mol. The fraction of sp³-hybridized carbons (Fsp3) is 0.803. The van der Waals surface area contributed by atoms with Crippen molar-refractivity contribution in [3.05, 3.63) is 72.9 Å². The minimum Gasteiger partial charge on any atom is -0.477 e. The number of allylic oxidation sites excluding steroid dienone is 12. The Kier molecular flexibility index (Phi) is 64.1. The summed E-state index contributed by atoms with van der Waals surface area (Å²) in [4.78, 5) is 37.6. The third kappa shape index (κ3) is 68.1. The highest BCUT2D eigenvalue weighted by Gasteiger charge is 2.25. The van der Waals surface area contributed by atoms with Crippen molar-refractivity contribution in [3.8, 4) is 0 Å². The van der Waals surface area contributed by atoms with Crippen LogP contribution in [-0.4, -0.2) is 87.4 Å². The summed E-state index contributed by atoms with van der Waals surface area (Å²) in [6, 6.07) is 0. The van der Waals surface area contributed by atoms with Crippen LogP contribution in [0, 0.1) is 0 Å². The molecule has 2 unspecified atom stereocenters. The molecule has 0 spiro atoms. The fourth-order valence-electron chi connectivity index (χ4n) is 10.5. The Labute approximate surface area is 526 Å². The fourth-order valence-corrected chi connectivity index (χ4v) is 10.5. The molecule has 1 N–H and O–H groups in total. The minimum atomic E-state index is -1.51. The van der Waals surface area contributed by atoms with Gasteiger partial charge in [0.15, 0.2) is 6.10 Å². The molecule has 0 aliphatic rings. The second-order valence-electron chi connectivity index (χ2n) is 25.5. The lowest BCUT2D eigenvalue weighted by atomic mass is 10.0. The summed E-state index contributed by atoms with van der Waals surface area (Å²) in [5.74, 6) is -1.99. The van der Waals surface area contributed by atoms with Crippen LogP contribution in [0.4, 0.5) is 0 Å². The van der Waals surface area contributed by atoms with Crippen LogP contribution in [0.5, 0.6) is 0 Å². The minimum absolute atomic E-state index is 0.180. The molecule has 85 heavy (non-hydrogen) atoms. The second kappa shape index (κ2) is 66.7. The Balaban J connectivity index is 3.96. The van der Waals surface area contributed by atoms with Gasteiger partial charge in [0, 0.05) is 12.8 Å². The van der Waals surface area contributed by atoms with Crippen molar-refractivity contribution in [2.24, 2.45) is 0 Å². The van der Waals surface area contributed by atoms with E-state index in [1.54, 1.807) is 0 Å². The molecule has 0 amide bonds. The van der Waals surface area contributed by atoms with Crippen LogP contribution >= 0.6 is 0 Å². The maximum Gasteiger partial charge on any atom is 0.361 e. The molecule has 0 saturated heterocycles. The van der Waals surface area contributed by atoms with Gasteiger partial charge in [-0.1, -0.05) is 311 Å². The van der Waals surface area contributed by atoms with Crippen LogP contribution in [0.25, 0.3) is 0 Å². The largest absolute Gasteiger partial charge is 0.477 e. The van der Waals surface area contributed by atoms with Gasteiger partial charge in [0.25, 0.3) is 6.29 Å². The van der Waals surface area contributed by atoms with Gasteiger partial charge in [-0.2, -0.15) is 0 Å². The van der Waals surface area contributed by atoms with E-state index in [2.05, 4.69) is 86.8 Å². The van der Waals surface area contributed by atoms with Crippen molar-refractivity contribution in [2.45, 2.75) is 347 Å². The van der Waals surface area contributed by atoms with E-state index in [0.717, 1.165) is 70.6 Å². The molecule has 0 radical (unpaired) electrons. The van der Waals surface area contributed by atoms with E-state index < -0.39 is 18.4 Å². The van der Waals surface area contributed by atoms with Crippen molar-refractivity contribution in [1.29, 1.82) is 0 Å². The van der Waals surface area contributed by atoms with Gasteiger partial charge < -0.3 is 28.5 Å². The molecule has 0 rings (SSSR count). The van der Waals surface area contributed by atoms with E-state index in [4.69, 9.17) is 18.9 Å². The van der Waals surface area contributed by atoms with E-state index in [-0.39, 0.29) is 38.2 Å². The summed E-state index contributed by atoms with van der Waals surface area (Å²) >= 11 is 0. The van der Waals surface area contributed by atoms with Crippen LogP contribution in [0.1, 0.15) is 335 Å². The van der Waals surface area contributed by atoms with Crippen molar-refractivity contribution in [1.82, 2.24) is 0 Å². The molecule has 9 heteroatoms. The average molecular weight is 1190 g/mol. The smallest absolute Gasteiger partial charge is 0.361 e. The van der Waals surface area contributed by atoms with Crippen LogP contribution in [0.2, 0.25) is 0 Å². The van der Waals surface area contributed by atoms with Crippen molar-refractivity contribution < 1.29 is 42.9 Å². The number of hydrogen-bond acceptors (Lipinski definition) is 7. The number of carbonyl (C=O) groups excluding carboxylic acids is 2. The number of rotatable bonds is 67. The highest BCUT2D eigenvalue weighted by Crippen LogP contribution is 2.18. The van der Waals surface area contributed by atoms with Gasteiger partial charge in [-0.3, -0.25) is 9.59 Å². The first-order chi connectivity index (χ1) is 41.6. The first kappa shape index (κ1) is 81.7. The Morgan fingerprint density at radius 2 is 0.671 bits per heavy atom. The monoisotopic (exact) mass is 1190 g/mol. The van der Waals surface area contributed by atoms with E-state index in [9.17, 15) is 19.5 Å². The van der Waals surface area contributed by atoms with E-state index in [1.807, 2.05) is 21.1 Å². The van der Waals surface area contributed by atoms with Crippen LogP contribution < -0.4 is 0 Å². The van der Waals surface area contributed by atoms with Gasteiger partial charge in [0.1, 0.15) is 13.2 Å². The molecule has 0 aromatic rings. The van der Waals surface area contributed by atoms with Crippen LogP contribution in [0.15, 0.2) is 72.9 Å². The third-order valence-electron chi connectivity index (χ3n) is 15.9. The first-order valence-electron chi connectivity index (χ1n) is 36.1. The molecule has 0 aromatic carbocycles. The van der Waals surface area contributed by atoms with Gasteiger partial charge in [-0.05, 0) is 83.5 Å². The highest BCUT2D eigenvalue weighted by atomic mass is 16.7. The summed E-state index contributed by atoms with van der Waals surface area (Å²) in [5, 5.41) is 9.74. The van der Waals surface area contributed by atoms with Gasteiger partial charge in [0.05, 0.1) is 34.4 Å². The normalized spacial score (nSPS) is 13.1. The van der Waals surface area contributed by atoms with Gasteiger partial charge in [-0.15, -0.1) is 0 Å². The molecular formula is C76H138NO8+. The molecule has 0 aliphatic carbocycles. The molecule has 0 saturated carbocycles. The standard InChI is InChI=1S/C76H137NO8/c1-6-8-10-12-14-16-18-20-22-24-26-27-28-29-30-31-32-33-34-35-36-37-38-39-40-41-42-43-44-45-46-47-49-51-53-55-57-59-61-63-65-67-74(79)85-72(71-84-76(75(80)81)82-69-68-77(3,4)5)70-83-73(78)66-64-62-60-58-56-54-52-50-48-25-23-21-19-17-15-13-11-9-7-2/h8,10,14,16,20-23,26-27,29-30,72,76H,6-7,9,11-13,15,17-19,24-25,28,31-71H2,1-5H3/p+1/b10-8-,16-14-,22-20-,23-21-,27-26-,30-29-. The summed E-state index contributed by atoms with van der Waals surface area (Å²) in [7, 11) is 5.98. The number of carboxylic acids is 1. The predicted octanol–water partition coefficient (Wildman–Crippen LogP) is 22.5. The third-order valence-corrected chi connectivity index (χ3v) is 15.9. The van der Waals surface area contributed by atoms with E-state index in [0.29, 0.717) is 17.4 Å². The number of likely N-dealkylation sites (N-methyl/N-ethyl adjacent to an activating group) is 1. The Morgan fingerprint density at radius 1 is 0.365 bits per heavy atom. The van der Waals surface area contributed by atoms with Gasteiger partial charge >= 0.3 is 17.9 Å². The number of esters is 2. The zero-order valence-corrected chi connectivity index (χ0v) is 56.5. The Bertz CT molecular complexity index is 1620. The molecule has 0 aliphatic heterocycles. The summed E-state index contributed by atoms with van der Waals surface area (Å²) in [6.45, 7) is 4.80. The van der Waals surface area contributed by atoms with Crippen LogP contribution in [0.3, 0.4) is 0 Å². The zero-order valence-electron chi connectivity index (χ0n) is 56.5. The lowest BCUT2D eigenvalue weighted by Gasteiger charge is -2.25. The Hall–Kier alpha value is -3.27. The maximum atomic E-state index is 12.9. The highest BCUT2D eigenvalue weighted by molar-refractivity contribution is 5.71. The number of unbranched alkanes of at least 4 members (excludes halogenated alkanes) is 40. The van der Waals surface area contributed by atoms with Crippen molar-refractivity contribution in [3.63, 3.8) is 0 Å². The number of ether oxygens (including phenoxy) is 4. The molecule has 0 fully saturated rings. The number of aliphatic carboxylic acids is 1. The number of nitrogens with zero attached hydrogens (tertiary/aromatic N) is 1. The second-order valence-corrected chi connectivity index (χ2v) is 25.5. The Morgan fingerprint density at radius 3 is 1.01 bits per heavy atom. The average Bonchev–Trinajstić information content (AvgIpc) is 3.49. The molecule has 9 nitrogen and oxygen atoms in total. The zero-order chi connectivity index (χ0) is 61.9. The molecular weight excluding hydrogens is 1050 g/mol. The summed E-state index contributed by atoms with van der Waals surface area (Å²) in [6.07, 6.45) is 86.1. The molecule has 0 aromatic heterocycles. The molecule has 494 valence electrons. The van der Waals surface area contributed by atoms with Gasteiger partial charge in [0.2, 0.25) is 0 Å². The van der Waals surface area contributed by atoms with Crippen molar-refractivity contribution >= 4 is 17.9 Å². The first-order valence-corrected chi connectivity index (χ1v) is 36.1.